The van der Waals surface area contributed by atoms with Gasteiger partial charge in [-0.2, -0.15) is 0 Å². The van der Waals surface area contributed by atoms with Crippen LogP contribution in [-0.2, 0) is 10.0 Å². The lowest BCUT2D eigenvalue weighted by Gasteiger charge is -2.14. The van der Waals surface area contributed by atoms with Crippen LogP contribution in [0.15, 0.2) is 65.6 Å². The number of hydrogen-bond donors (Lipinski definition) is 2. The second-order valence-electron chi connectivity index (χ2n) is 7.24. The van der Waals surface area contributed by atoms with Crippen molar-refractivity contribution < 1.29 is 17.9 Å². The van der Waals surface area contributed by atoms with E-state index in [9.17, 15) is 13.2 Å². The van der Waals surface area contributed by atoms with Crippen molar-refractivity contribution in [1.82, 2.24) is 0 Å². The molecular formula is C24H26N2O4S. The Labute approximate surface area is 183 Å². The fraction of sp³-hybridized carbons (Fsp3) is 0.208. The first-order chi connectivity index (χ1) is 14.7. The van der Waals surface area contributed by atoms with Gasteiger partial charge in [-0.3, -0.25) is 9.52 Å². The summed E-state index contributed by atoms with van der Waals surface area (Å²) in [5, 5.41) is 2.78. The summed E-state index contributed by atoms with van der Waals surface area (Å²) in [6.45, 7) is 7.94. The Balaban J connectivity index is 1.85. The molecule has 7 heteroatoms. The van der Waals surface area contributed by atoms with Gasteiger partial charge >= 0.3 is 0 Å². The van der Waals surface area contributed by atoms with Gasteiger partial charge in [-0.15, -0.1) is 0 Å². The van der Waals surface area contributed by atoms with Crippen LogP contribution in [-0.4, -0.2) is 20.9 Å². The normalized spacial score (nSPS) is 11.1. The van der Waals surface area contributed by atoms with Crippen LogP contribution in [0.1, 0.15) is 34.0 Å². The molecule has 31 heavy (non-hydrogen) atoms. The molecule has 0 spiro atoms. The van der Waals surface area contributed by atoms with Gasteiger partial charge in [0.15, 0.2) is 0 Å². The first-order valence-corrected chi connectivity index (χ1v) is 11.4. The summed E-state index contributed by atoms with van der Waals surface area (Å²) in [5.74, 6) is 0.314. The van der Waals surface area contributed by atoms with Gasteiger partial charge < -0.3 is 10.1 Å². The second kappa shape index (κ2) is 9.22. The molecule has 1 amide bonds. The van der Waals surface area contributed by atoms with Gasteiger partial charge in [-0.05, 0) is 86.8 Å². The Kier molecular flexibility index (Phi) is 6.65. The largest absolute Gasteiger partial charge is 0.494 e. The summed E-state index contributed by atoms with van der Waals surface area (Å²) < 4.78 is 34.2. The topological polar surface area (TPSA) is 84.5 Å². The third kappa shape index (κ3) is 5.24. The minimum absolute atomic E-state index is 0.0627. The highest BCUT2D eigenvalue weighted by molar-refractivity contribution is 7.92. The Morgan fingerprint density at radius 2 is 1.65 bits per heavy atom. The number of aryl methyl sites for hydroxylation is 2. The Morgan fingerprint density at radius 1 is 0.935 bits per heavy atom. The van der Waals surface area contributed by atoms with Crippen molar-refractivity contribution in [2.75, 3.05) is 16.6 Å². The molecule has 0 unspecified atom stereocenters. The van der Waals surface area contributed by atoms with E-state index < -0.39 is 15.9 Å². The lowest BCUT2D eigenvalue weighted by molar-refractivity contribution is 0.102. The van der Waals surface area contributed by atoms with Crippen LogP contribution in [0.25, 0.3) is 0 Å². The molecule has 0 saturated heterocycles. The molecule has 0 aliphatic heterocycles. The van der Waals surface area contributed by atoms with Crippen LogP contribution in [0.4, 0.5) is 11.4 Å². The number of sulfonamides is 1. The van der Waals surface area contributed by atoms with Crippen LogP contribution < -0.4 is 14.8 Å². The van der Waals surface area contributed by atoms with Crippen molar-refractivity contribution in [3.63, 3.8) is 0 Å². The van der Waals surface area contributed by atoms with Crippen LogP contribution in [0.2, 0.25) is 0 Å². The molecule has 3 rings (SSSR count). The zero-order valence-electron chi connectivity index (χ0n) is 18.0. The summed E-state index contributed by atoms with van der Waals surface area (Å²) in [6, 6.07) is 17.1. The molecule has 3 aromatic rings. The highest BCUT2D eigenvalue weighted by Gasteiger charge is 2.20. The van der Waals surface area contributed by atoms with E-state index in [2.05, 4.69) is 10.0 Å². The molecule has 0 fully saturated rings. The van der Waals surface area contributed by atoms with E-state index in [1.54, 1.807) is 55.5 Å². The second-order valence-corrected chi connectivity index (χ2v) is 8.90. The maximum absolute atomic E-state index is 13.1. The maximum atomic E-state index is 13.1. The van der Waals surface area contributed by atoms with Crippen molar-refractivity contribution >= 4 is 27.3 Å². The van der Waals surface area contributed by atoms with Crippen molar-refractivity contribution in [3.05, 3.63) is 82.9 Å². The number of hydrogen-bond acceptors (Lipinski definition) is 4. The van der Waals surface area contributed by atoms with Crippen LogP contribution in [0.5, 0.6) is 5.75 Å². The fourth-order valence-electron chi connectivity index (χ4n) is 3.10. The quantitative estimate of drug-likeness (QED) is 0.540. The lowest BCUT2D eigenvalue weighted by atomic mass is 10.1. The molecule has 162 valence electrons. The first-order valence-electron chi connectivity index (χ1n) is 9.95. The Hall–Kier alpha value is -3.32. The van der Waals surface area contributed by atoms with E-state index in [1.807, 2.05) is 26.8 Å². The predicted molar refractivity (Wildman–Crippen MR) is 123 cm³/mol. The molecule has 0 aliphatic carbocycles. The van der Waals surface area contributed by atoms with Crippen LogP contribution in [0, 0.1) is 20.8 Å². The Morgan fingerprint density at radius 3 is 2.32 bits per heavy atom. The summed E-state index contributed by atoms with van der Waals surface area (Å²) in [5.41, 5.74) is 3.75. The molecule has 3 aromatic carbocycles. The third-order valence-electron chi connectivity index (χ3n) is 5.01. The number of benzene rings is 3. The number of rotatable bonds is 7. The number of carbonyl (C=O) groups excluding carboxylic acids is 1. The molecule has 6 nitrogen and oxygen atoms in total. The monoisotopic (exact) mass is 438 g/mol. The minimum Gasteiger partial charge on any atom is -0.494 e. The summed E-state index contributed by atoms with van der Waals surface area (Å²) in [7, 11) is -3.87. The standard InChI is InChI=1S/C24H26N2O4S/c1-5-30-21-13-11-20(12-14-21)25-24(27)19-10-9-17(3)23(15-19)31(28,29)26-22-8-6-7-16(2)18(22)4/h6-15,26H,5H2,1-4H3,(H,25,27). The first kappa shape index (κ1) is 22.4. The van der Waals surface area contributed by atoms with Gasteiger partial charge in [0, 0.05) is 11.3 Å². The summed E-state index contributed by atoms with van der Waals surface area (Å²) in [6.07, 6.45) is 0. The zero-order chi connectivity index (χ0) is 22.6. The summed E-state index contributed by atoms with van der Waals surface area (Å²) in [4.78, 5) is 12.8. The van der Waals surface area contributed by atoms with E-state index in [0.717, 1.165) is 11.1 Å². The van der Waals surface area contributed by atoms with E-state index in [-0.39, 0.29) is 10.5 Å². The van der Waals surface area contributed by atoms with E-state index in [4.69, 9.17) is 4.74 Å². The van der Waals surface area contributed by atoms with Crippen molar-refractivity contribution in [2.24, 2.45) is 0 Å². The fourth-order valence-corrected chi connectivity index (χ4v) is 4.49. The average Bonchev–Trinajstić information content (AvgIpc) is 2.73. The van der Waals surface area contributed by atoms with Crippen molar-refractivity contribution in [3.8, 4) is 5.75 Å². The lowest BCUT2D eigenvalue weighted by Crippen LogP contribution is -2.17. The third-order valence-corrected chi connectivity index (χ3v) is 6.52. The van der Waals surface area contributed by atoms with Gasteiger partial charge in [0.05, 0.1) is 17.2 Å². The van der Waals surface area contributed by atoms with E-state index in [0.29, 0.717) is 29.3 Å². The molecule has 0 saturated carbocycles. The molecule has 0 radical (unpaired) electrons. The van der Waals surface area contributed by atoms with E-state index in [1.165, 1.54) is 6.07 Å². The van der Waals surface area contributed by atoms with Crippen molar-refractivity contribution in [1.29, 1.82) is 0 Å². The number of anilines is 2. The van der Waals surface area contributed by atoms with Gasteiger partial charge in [0.2, 0.25) is 0 Å². The molecule has 0 atom stereocenters. The zero-order valence-corrected chi connectivity index (χ0v) is 18.8. The van der Waals surface area contributed by atoms with Gasteiger partial charge in [-0.1, -0.05) is 18.2 Å². The van der Waals surface area contributed by atoms with E-state index >= 15 is 0 Å². The smallest absolute Gasteiger partial charge is 0.262 e. The summed E-state index contributed by atoms with van der Waals surface area (Å²) >= 11 is 0. The maximum Gasteiger partial charge on any atom is 0.262 e. The van der Waals surface area contributed by atoms with Gasteiger partial charge in [-0.25, -0.2) is 8.42 Å². The Bertz CT molecular complexity index is 1200. The van der Waals surface area contributed by atoms with Crippen molar-refractivity contribution in [2.45, 2.75) is 32.6 Å². The molecule has 0 bridgehead atoms. The molecule has 0 aliphatic rings. The number of amides is 1. The molecule has 0 aromatic heterocycles. The minimum atomic E-state index is -3.87. The average molecular weight is 439 g/mol. The molecule has 2 N–H and O–H groups in total. The van der Waals surface area contributed by atoms with Gasteiger partial charge in [0.1, 0.15) is 5.75 Å². The molecular weight excluding hydrogens is 412 g/mol. The number of nitrogens with one attached hydrogen (secondary N) is 2. The SMILES string of the molecule is CCOc1ccc(NC(=O)c2ccc(C)c(S(=O)(=O)Nc3cccc(C)c3C)c2)cc1. The highest BCUT2D eigenvalue weighted by atomic mass is 32.2. The molecule has 0 heterocycles. The van der Waals surface area contributed by atoms with Gasteiger partial charge in [0.25, 0.3) is 15.9 Å². The highest BCUT2D eigenvalue weighted by Crippen LogP contribution is 2.25. The predicted octanol–water partition coefficient (Wildman–Crippen LogP) is 5.06. The van der Waals surface area contributed by atoms with Crippen LogP contribution in [0.3, 0.4) is 0 Å². The number of ether oxygens (including phenoxy) is 1. The number of carbonyl (C=O) groups is 1. The van der Waals surface area contributed by atoms with Crippen LogP contribution >= 0.6 is 0 Å².